The smallest absolute Gasteiger partial charge is 0.240 e. The molecule has 0 radical (unpaired) electrons. The standard InChI is InChI=1S/C20H23N3O3/c1-14-4-5-15(2)18(12-14)22-19(24)10-11-20(25)23-21-13-16-6-8-17(26-3)9-7-16/h4-9,12-13H,10-11H2,1-3H3,(H,22,24)(H,23,25). The van der Waals surface area contributed by atoms with E-state index in [1.165, 1.54) is 6.21 Å². The first kappa shape index (κ1) is 19.2. The minimum atomic E-state index is -0.314. The first-order chi connectivity index (χ1) is 12.5. The molecule has 2 amide bonds. The van der Waals surface area contributed by atoms with E-state index in [0.29, 0.717) is 0 Å². The molecule has 0 aliphatic carbocycles. The fourth-order valence-electron chi connectivity index (χ4n) is 2.23. The molecule has 26 heavy (non-hydrogen) atoms. The Hall–Kier alpha value is -3.15. The van der Waals surface area contributed by atoms with E-state index in [0.717, 1.165) is 28.1 Å². The summed E-state index contributed by atoms with van der Waals surface area (Å²) in [6, 6.07) is 13.1. The number of carbonyl (C=O) groups is 2. The highest BCUT2D eigenvalue weighted by molar-refractivity contribution is 5.94. The van der Waals surface area contributed by atoms with Crippen molar-refractivity contribution in [1.29, 1.82) is 0 Å². The van der Waals surface area contributed by atoms with Crippen LogP contribution in [0, 0.1) is 13.8 Å². The van der Waals surface area contributed by atoms with Crippen LogP contribution in [0.15, 0.2) is 47.6 Å². The van der Waals surface area contributed by atoms with E-state index in [2.05, 4.69) is 15.8 Å². The molecule has 2 aromatic carbocycles. The van der Waals surface area contributed by atoms with Crippen molar-refractivity contribution in [2.75, 3.05) is 12.4 Å². The average molecular weight is 353 g/mol. The maximum atomic E-state index is 12.0. The van der Waals surface area contributed by atoms with Crippen molar-refractivity contribution < 1.29 is 14.3 Å². The molecule has 2 N–H and O–H groups in total. The first-order valence-corrected chi connectivity index (χ1v) is 8.31. The molecule has 2 rings (SSSR count). The van der Waals surface area contributed by atoms with Crippen LogP contribution in [0.3, 0.4) is 0 Å². The van der Waals surface area contributed by atoms with Crippen LogP contribution in [0.1, 0.15) is 29.5 Å². The SMILES string of the molecule is COc1ccc(C=NNC(=O)CCC(=O)Nc2cc(C)ccc2C)cc1. The van der Waals surface area contributed by atoms with Crippen molar-refractivity contribution in [2.24, 2.45) is 5.10 Å². The van der Waals surface area contributed by atoms with Crippen LogP contribution in [-0.4, -0.2) is 25.1 Å². The van der Waals surface area contributed by atoms with Crippen molar-refractivity contribution in [3.05, 3.63) is 59.2 Å². The summed E-state index contributed by atoms with van der Waals surface area (Å²) in [5.41, 5.74) is 6.07. The second-order valence-electron chi connectivity index (χ2n) is 5.93. The predicted octanol–water partition coefficient (Wildman–Crippen LogP) is 3.18. The number of anilines is 1. The lowest BCUT2D eigenvalue weighted by Gasteiger charge is -2.09. The number of amides is 2. The summed E-state index contributed by atoms with van der Waals surface area (Å²) in [6.45, 7) is 3.89. The zero-order valence-electron chi connectivity index (χ0n) is 15.2. The van der Waals surface area contributed by atoms with Crippen molar-refractivity contribution >= 4 is 23.7 Å². The molecular weight excluding hydrogens is 330 g/mol. The van der Waals surface area contributed by atoms with Gasteiger partial charge in [0.15, 0.2) is 0 Å². The van der Waals surface area contributed by atoms with Crippen LogP contribution in [-0.2, 0) is 9.59 Å². The van der Waals surface area contributed by atoms with Gasteiger partial charge >= 0.3 is 0 Å². The molecule has 0 saturated carbocycles. The Morgan fingerprint density at radius 1 is 1.04 bits per heavy atom. The highest BCUT2D eigenvalue weighted by Crippen LogP contribution is 2.16. The molecule has 0 spiro atoms. The number of nitrogens with zero attached hydrogens (tertiary/aromatic N) is 1. The summed E-state index contributed by atoms with van der Waals surface area (Å²) in [7, 11) is 1.60. The third-order valence-electron chi connectivity index (χ3n) is 3.76. The molecule has 0 bridgehead atoms. The first-order valence-electron chi connectivity index (χ1n) is 8.31. The Morgan fingerprint density at radius 3 is 2.42 bits per heavy atom. The molecule has 136 valence electrons. The molecule has 0 unspecified atom stereocenters. The largest absolute Gasteiger partial charge is 0.497 e. The molecule has 6 heteroatoms. The Balaban J connectivity index is 1.76. The maximum Gasteiger partial charge on any atom is 0.240 e. The second-order valence-corrected chi connectivity index (χ2v) is 5.93. The number of benzene rings is 2. The zero-order valence-corrected chi connectivity index (χ0v) is 15.2. The average Bonchev–Trinajstić information content (AvgIpc) is 2.63. The highest BCUT2D eigenvalue weighted by atomic mass is 16.5. The van der Waals surface area contributed by atoms with E-state index in [-0.39, 0.29) is 24.7 Å². The summed E-state index contributed by atoms with van der Waals surface area (Å²) < 4.78 is 5.07. The number of nitrogens with one attached hydrogen (secondary N) is 2. The minimum absolute atomic E-state index is 0.0661. The fourth-order valence-corrected chi connectivity index (χ4v) is 2.23. The molecule has 0 aliphatic heterocycles. The van der Waals surface area contributed by atoms with Gasteiger partial charge in [0.2, 0.25) is 11.8 Å². The van der Waals surface area contributed by atoms with Gasteiger partial charge in [-0.05, 0) is 60.9 Å². The second kappa shape index (κ2) is 9.36. The van der Waals surface area contributed by atoms with E-state index in [1.807, 2.05) is 44.2 Å². The Labute approximate surface area is 153 Å². The minimum Gasteiger partial charge on any atom is -0.497 e. The third kappa shape index (κ3) is 6.05. The molecule has 0 fully saturated rings. The normalized spacial score (nSPS) is 10.6. The third-order valence-corrected chi connectivity index (χ3v) is 3.76. The lowest BCUT2D eigenvalue weighted by molar-refractivity contribution is -0.124. The van der Waals surface area contributed by atoms with Gasteiger partial charge in [0.1, 0.15) is 5.75 Å². The van der Waals surface area contributed by atoms with Crippen LogP contribution in [0.25, 0.3) is 0 Å². The molecule has 6 nitrogen and oxygen atoms in total. The van der Waals surface area contributed by atoms with Crippen LogP contribution in [0.4, 0.5) is 5.69 Å². The number of aryl methyl sites for hydroxylation is 2. The Morgan fingerprint density at radius 2 is 1.73 bits per heavy atom. The molecule has 2 aromatic rings. The number of rotatable bonds is 7. The highest BCUT2D eigenvalue weighted by Gasteiger charge is 2.08. The van der Waals surface area contributed by atoms with Crippen molar-refractivity contribution in [3.8, 4) is 5.75 Å². The van der Waals surface area contributed by atoms with E-state index in [9.17, 15) is 9.59 Å². The number of hydrogen-bond donors (Lipinski definition) is 2. The van der Waals surface area contributed by atoms with Gasteiger partial charge in [-0.3, -0.25) is 9.59 Å². The lowest BCUT2D eigenvalue weighted by atomic mass is 10.1. The number of hydrazone groups is 1. The van der Waals surface area contributed by atoms with Crippen LogP contribution >= 0.6 is 0 Å². The summed E-state index contributed by atoms with van der Waals surface area (Å²) >= 11 is 0. The fraction of sp³-hybridized carbons (Fsp3) is 0.250. The molecule has 0 aliphatic rings. The summed E-state index contributed by atoms with van der Waals surface area (Å²) in [5, 5.41) is 6.72. The van der Waals surface area contributed by atoms with Crippen molar-refractivity contribution in [3.63, 3.8) is 0 Å². The summed E-state index contributed by atoms with van der Waals surface area (Å²) in [6.07, 6.45) is 1.70. The van der Waals surface area contributed by atoms with E-state index >= 15 is 0 Å². The zero-order chi connectivity index (χ0) is 18.9. The van der Waals surface area contributed by atoms with Crippen LogP contribution < -0.4 is 15.5 Å². The van der Waals surface area contributed by atoms with Gasteiger partial charge in [0.25, 0.3) is 0 Å². The molecule has 0 heterocycles. The molecule has 0 atom stereocenters. The quantitative estimate of drug-likeness (QED) is 0.593. The van der Waals surface area contributed by atoms with Gasteiger partial charge < -0.3 is 10.1 Å². The van der Waals surface area contributed by atoms with Gasteiger partial charge in [-0.1, -0.05) is 12.1 Å². The number of ether oxygens (including phenoxy) is 1. The van der Waals surface area contributed by atoms with Gasteiger partial charge in [0.05, 0.1) is 13.3 Å². The predicted molar refractivity (Wildman–Crippen MR) is 103 cm³/mol. The Kier molecular flexibility index (Phi) is 6.91. The van der Waals surface area contributed by atoms with Gasteiger partial charge in [-0.2, -0.15) is 5.10 Å². The monoisotopic (exact) mass is 353 g/mol. The van der Waals surface area contributed by atoms with E-state index in [1.54, 1.807) is 19.2 Å². The summed E-state index contributed by atoms with van der Waals surface area (Å²) in [5.74, 6) is 0.236. The summed E-state index contributed by atoms with van der Waals surface area (Å²) in [4.78, 5) is 23.8. The van der Waals surface area contributed by atoms with Crippen LogP contribution in [0.2, 0.25) is 0 Å². The van der Waals surface area contributed by atoms with Gasteiger partial charge in [-0.15, -0.1) is 0 Å². The van der Waals surface area contributed by atoms with E-state index < -0.39 is 0 Å². The van der Waals surface area contributed by atoms with Crippen LogP contribution in [0.5, 0.6) is 5.75 Å². The van der Waals surface area contributed by atoms with Crippen molar-refractivity contribution in [1.82, 2.24) is 5.43 Å². The number of hydrogen-bond acceptors (Lipinski definition) is 4. The van der Waals surface area contributed by atoms with Gasteiger partial charge in [-0.25, -0.2) is 5.43 Å². The topological polar surface area (TPSA) is 79.8 Å². The molecule has 0 aromatic heterocycles. The number of carbonyl (C=O) groups excluding carboxylic acids is 2. The molecule has 0 saturated heterocycles. The van der Waals surface area contributed by atoms with Crippen molar-refractivity contribution in [2.45, 2.75) is 26.7 Å². The lowest BCUT2D eigenvalue weighted by Crippen LogP contribution is -2.20. The molecular formula is C20H23N3O3. The Bertz CT molecular complexity index is 798. The maximum absolute atomic E-state index is 12.0. The number of methoxy groups -OCH3 is 1. The van der Waals surface area contributed by atoms with Gasteiger partial charge in [0, 0.05) is 18.5 Å². The van der Waals surface area contributed by atoms with E-state index in [4.69, 9.17) is 4.74 Å².